The van der Waals surface area contributed by atoms with Gasteiger partial charge in [-0.3, -0.25) is 5.41 Å². The fourth-order valence-electron chi connectivity index (χ4n) is 1.54. The second-order valence-electron chi connectivity index (χ2n) is 3.47. The SMILES string of the molecule is N=C(N)c1ccc(-c2ccccc2)cc1Cl. The van der Waals surface area contributed by atoms with E-state index < -0.39 is 0 Å². The van der Waals surface area contributed by atoms with E-state index in [1.54, 1.807) is 6.07 Å². The van der Waals surface area contributed by atoms with Crippen molar-refractivity contribution in [1.29, 1.82) is 5.41 Å². The number of hydrogen-bond donors (Lipinski definition) is 2. The standard InChI is InChI=1S/C13H11ClN2/c14-12-8-10(6-7-11(12)13(15)16)9-4-2-1-3-5-9/h1-8H,(H3,15,16). The Morgan fingerprint density at radius 1 is 1.00 bits per heavy atom. The van der Waals surface area contributed by atoms with Gasteiger partial charge in [0.05, 0.1) is 5.02 Å². The van der Waals surface area contributed by atoms with Gasteiger partial charge in [-0.2, -0.15) is 0 Å². The summed E-state index contributed by atoms with van der Waals surface area (Å²) in [5.74, 6) is -0.00962. The quantitative estimate of drug-likeness (QED) is 0.604. The number of amidine groups is 1. The third-order valence-corrected chi connectivity index (χ3v) is 2.68. The maximum Gasteiger partial charge on any atom is 0.124 e. The van der Waals surface area contributed by atoms with Gasteiger partial charge in [0.1, 0.15) is 5.84 Å². The number of rotatable bonds is 2. The molecule has 2 aromatic carbocycles. The van der Waals surface area contributed by atoms with Gasteiger partial charge in [0, 0.05) is 5.56 Å². The van der Waals surface area contributed by atoms with Gasteiger partial charge in [-0.15, -0.1) is 0 Å². The summed E-state index contributed by atoms with van der Waals surface area (Å²) in [6, 6.07) is 15.5. The predicted molar refractivity (Wildman–Crippen MR) is 67.9 cm³/mol. The van der Waals surface area contributed by atoms with Crippen LogP contribution in [0.5, 0.6) is 0 Å². The third-order valence-electron chi connectivity index (χ3n) is 2.37. The monoisotopic (exact) mass is 230 g/mol. The first-order valence-corrected chi connectivity index (χ1v) is 5.25. The molecule has 0 fully saturated rings. The summed E-state index contributed by atoms with van der Waals surface area (Å²) in [6.45, 7) is 0. The van der Waals surface area contributed by atoms with Crippen LogP contribution in [-0.2, 0) is 0 Å². The van der Waals surface area contributed by atoms with Crippen molar-refractivity contribution in [2.45, 2.75) is 0 Å². The van der Waals surface area contributed by atoms with Crippen LogP contribution < -0.4 is 5.73 Å². The van der Waals surface area contributed by atoms with Crippen molar-refractivity contribution in [3.8, 4) is 11.1 Å². The van der Waals surface area contributed by atoms with E-state index in [4.69, 9.17) is 22.7 Å². The van der Waals surface area contributed by atoms with Gasteiger partial charge >= 0.3 is 0 Å². The molecule has 0 amide bonds. The second kappa shape index (κ2) is 4.37. The number of hydrogen-bond acceptors (Lipinski definition) is 1. The number of benzene rings is 2. The molecule has 0 bridgehead atoms. The van der Waals surface area contributed by atoms with Gasteiger partial charge in [0.15, 0.2) is 0 Å². The molecule has 3 heteroatoms. The van der Waals surface area contributed by atoms with Crippen molar-refractivity contribution in [3.05, 3.63) is 59.1 Å². The van der Waals surface area contributed by atoms with Crippen LogP contribution in [0.1, 0.15) is 5.56 Å². The van der Waals surface area contributed by atoms with Crippen LogP contribution in [0.3, 0.4) is 0 Å². The Bertz CT molecular complexity index is 521. The Hall–Kier alpha value is -1.80. The molecule has 0 heterocycles. The third kappa shape index (κ3) is 2.07. The highest BCUT2D eigenvalue weighted by molar-refractivity contribution is 6.34. The topological polar surface area (TPSA) is 49.9 Å². The van der Waals surface area contributed by atoms with E-state index in [2.05, 4.69) is 0 Å². The van der Waals surface area contributed by atoms with Crippen LogP contribution in [0.4, 0.5) is 0 Å². The summed E-state index contributed by atoms with van der Waals surface area (Å²) in [5, 5.41) is 7.85. The normalized spacial score (nSPS) is 10.1. The zero-order valence-electron chi connectivity index (χ0n) is 8.57. The first-order chi connectivity index (χ1) is 7.68. The van der Waals surface area contributed by atoms with Crippen LogP contribution in [0, 0.1) is 5.41 Å². The average Bonchev–Trinajstić information content (AvgIpc) is 2.29. The number of nitrogen functional groups attached to an aromatic ring is 1. The predicted octanol–water partition coefficient (Wildman–Crippen LogP) is 3.29. The summed E-state index contributed by atoms with van der Waals surface area (Å²) >= 11 is 6.05. The summed E-state index contributed by atoms with van der Waals surface area (Å²) in [6.07, 6.45) is 0. The van der Waals surface area contributed by atoms with E-state index >= 15 is 0 Å². The van der Waals surface area contributed by atoms with Crippen LogP contribution in [0.25, 0.3) is 11.1 Å². The van der Waals surface area contributed by atoms with E-state index in [0.717, 1.165) is 11.1 Å². The summed E-state index contributed by atoms with van der Waals surface area (Å²) in [5.41, 5.74) is 8.09. The number of halogens is 1. The minimum atomic E-state index is -0.00962. The fraction of sp³-hybridized carbons (Fsp3) is 0. The van der Waals surface area contributed by atoms with E-state index in [1.807, 2.05) is 42.5 Å². The molecule has 2 rings (SSSR count). The Morgan fingerprint density at radius 3 is 2.25 bits per heavy atom. The summed E-state index contributed by atoms with van der Waals surface area (Å²) in [7, 11) is 0. The van der Waals surface area contributed by atoms with Crippen LogP contribution in [-0.4, -0.2) is 5.84 Å². The number of nitrogens with one attached hydrogen (secondary N) is 1. The molecule has 0 aliphatic carbocycles. The van der Waals surface area contributed by atoms with Crippen molar-refractivity contribution in [2.24, 2.45) is 5.73 Å². The zero-order valence-corrected chi connectivity index (χ0v) is 9.33. The second-order valence-corrected chi connectivity index (χ2v) is 3.88. The lowest BCUT2D eigenvalue weighted by Gasteiger charge is -2.05. The molecule has 2 aromatic rings. The van der Waals surface area contributed by atoms with Crippen molar-refractivity contribution >= 4 is 17.4 Å². The molecule has 0 atom stereocenters. The lowest BCUT2D eigenvalue weighted by Crippen LogP contribution is -2.11. The molecule has 0 aromatic heterocycles. The molecular formula is C13H11ClN2. The maximum absolute atomic E-state index is 7.34. The van der Waals surface area contributed by atoms with Crippen LogP contribution in [0.2, 0.25) is 5.02 Å². The minimum absolute atomic E-state index is 0.00962. The first-order valence-electron chi connectivity index (χ1n) is 4.88. The van der Waals surface area contributed by atoms with Gasteiger partial charge in [0.25, 0.3) is 0 Å². The van der Waals surface area contributed by atoms with E-state index in [1.165, 1.54) is 0 Å². The smallest absolute Gasteiger partial charge is 0.124 e. The summed E-state index contributed by atoms with van der Waals surface area (Å²) < 4.78 is 0. The molecule has 0 aliphatic heterocycles. The zero-order chi connectivity index (χ0) is 11.5. The van der Waals surface area contributed by atoms with Crippen molar-refractivity contribution in [3.63, 3.8) is 0 Å². The molecule has 3 N–H and O–H groups in total. The van der Waals surface area contributed by atoms with Crippen LogP contribution >= 0.6 is 11.6 Å². The molecular weight excluding hydrogens is 220 g/mol. The highest BCUT2D eigenvalue weighted by Gasteiger charge is 2.05. The van der Waals surface area contributed by atoms with Crippen LogP contribution in [0.15, 0.2) is 48.5 Å². The van der Waals surface area contributed by atoms with Gasteiger partial charge in [-0.05, 0) is 23.3 Å². The lowest BCUT2D eigenvalue weighted by molar-refractivity contribution is 1.42. The Balaban J connectivity index is 2.46. The van der Waals surface area contributed by atoms with E-state index in [0.29, 0.717) is 10.6 Å². The molecule has 0 spiro atoms. The highest BCUT2D eigenvalue weighted by Crippen LogP contribution is 2.25. The summed E-state index contributed by atoms with van der Waals surface area (Å²) in [4.78, 5) is 0. The van der Waals surface area contributed by atoms with Crippen molar-refractivity contribution in [2.75, 3.05) is 0 Å². The maximum atomic E-state index is 7.34. The number of nitrogens with two attached hydrogens (primary N) is 1. The molecule has 80 valence electrons. The molecule has 0 unspecified atom stereocenters. The Labute approximate surface area is 99.2 Å². The van der Waals surface area contributed by atoms with E-state index in [9.17, 15) is 0 Å². The lowest BCUT2D eigenvalue weighted by atomic mass is 10.0. The van der Waals surface area contributed by atoms with Gasteiger partial charge < -0.3 is 5.73 Å². The molecule has 16 heavy (non-hydrogen) atoms. The highest BCUT2D eigenvalue weighted by atomic mass is 35.5. The molecule has 0 radical (unpaired) electrons. The van der Waals surface area contributed by atoms with Crippen molar-refractivity contribution in [1.82, 2.24) is 0 Å². The molecule has 0 saturated heterocycles. The molecule has 2 nitrogen and oxygen atoms in total. The van der Waals surface area contributed by atoms with Gasteiger partial charge in [0.2, 0.25) is 0 Å². The first kappa shape index (κ1) is 10.7. The molecule has 0 saturated carbocycles. The molecule has 0 aliphatic rings. The largest absolute Gasteiger partial charge is 0.384 e. The average molecular weight is 231 g/mol. The Kier molecular flexibility index (Phi) is 2.93. The van der Waals surface area contributed by atoms with E-state index in [-0.39, 0.29) is 5.84 Å². The Morgan fingerprint density at radius 2 is 1.69 bits per heavy atom. The van der Waals surface area contributed by atoms with Crippen molar-refractivity contribution < 1.29 is 0 Å². The fourth-order valence-corrected chi connectivity index (χ4v) is 1.83. The minimum Gasteiger partial charge on any atom is -0.384 e. The van der Waals surface area contributed by atoms with Gasteiger partial charge in [-0.25, -0.2) is 0 Å². The van der Waals surface area contributed by atoms with Gasteiger partial charge in [-0.1, -0.05) is 48.0 Å².